The summed E-state index contributed by atoms with van der Waals surface area (Å²) in [6.07, 6.45) is 4.85. The summed E-state index contributed by atoms with van der Waals surface area (Å²) >= 11 is 0. The Kier molecular flexibility index (Phi) is 7.43. The number of barbiturate groups is 1. The quantitative estimate of drug-likeness (QED) is 0.296. The van der Waals surface area contributed by atoms with Crippen molar-refractivity contribution in [2.75, 3.05) is 0 Å². The molecule has 0 radical (unpaired) electrons. The largest absolute Gasteiger partial charge is 1.00 e. The van der Waals surface area contributed by atoms with Crippen molar-refractivity contribution in [3.8, 4) is 0 Å². The first-order valence-corrected chi connectivity index (χ1v) is 5.79. The number of unbranched alkanes of at least 4 members (excludes halogenated alkanes) is 2. The molecule has 18 heavy (non-hydrogen) atoms. The third-order valence-corrected chi connectivity index (χ3v) is 2.97. The van der Waals surface area contributed by atoms with Gasteiger partial charge >= 0.3 is 29.6 Å². The monoisotopic (exact) mass is 260 g/mol. The van der Waals surface area contributed by atoms with E-state index in [0.29, 0.717) is 6.42 Å². The van der Waals surface area contributed by atoms with E-state index in [9.17, 15) is 14.4 Å². The second-order valence-corrected chi connectivity index (χ2v) is 4.21. The van der Waals surface area contributed by atoms with Gasteiger partial charge in [0, 0.05) is 0 Å². The fourth-order valence-corrected chi connectivity index (χ4v) is 1.97. The zero-order chi connectivity index (χ0) is 12.9. The molecule has 0 aromatic rings. The first kappa shape index (κ1) is 17.4. The third kappa shape index (κ3) is 3.67. The molecule has 6 heteroatoms. The van der Waals surface area contributed by atoms with Crippen molar-refractivity contribution >= 4 is 17.8 Å². The maximum atomic E-state index is 11.9. The average molecular weight is 260 g/mol. The second kappa shape index (κ2) is 7.71. The van der Waals surface area contributed by atoms with Gasteiger partial charge in [-0.1, -0.05) is 32.3 Å². The first-order chi connectivity index (χ1) is 8.06. The fourth-order valence-electron chi connectivity index (χ4n) is 1.97. The van der Waals surface area contributed by atoms with E-state index < -0.39 is 23.3 Å². The second-order valence-electron chi connectivity index (χ2n) is 4.21. The SMILES string of the molecule is C=CCC1(CCCCC)C(=O)[N-]C(=O)NC1=O.[Na+]. The summed E-state index contributed by atoms with van der Waals surface area (Å²) < 4.78 is 0. The van der Waals surface area contributed by atoms with E-state index in [1.54, 1.807) is 0 Å². The molecule has 1 saturated heterocycles. The van der Waals surface area contributed by atoms with Crippen LogP contribution in [0.1, 0.15) is 39.0 Å². The number of allylic oxidation sites excluding steroid dienone is 1. The number of carbonyl (C=O) groups excluding carboxylic acids is 3. The van der Waals surface area contributed by atoms with Crippen LogP contribution in [0.4, 0.5) is 4.79 Å². The molecule has 94 valence electrons. The fraction of sp³-hybridized carbons (Fsp3) is 0.583. The van der Waals surface area contributed by atoms with Gasteiger partial charge in [-0.05, 0) is 12.8 Å². The number of hydrogen-bond donors (Lipinski definition) is 1. The summed E-state index contributed by atoms with van der Waals surface area (Å²) in [5.41, 5.74) is -1.22. The van der Waals surface area contributed by atoms with Crippen LogP contribution in [0.25, 0.3) is 5.32 Å². The molecule has 0 bridgehead atoms. The standard InChI is InChI=1S/C12H18N2O3.Na/c1-3-5-6-8-12(7-4-2)9(15)13-11(17)14-10(12)16;/h4H,2-3,5-8H2,1H3,(H2,13,14,15,16,17);/q;+1/p-1. The molecule has 1 N–H and O–H groups in total. The number of urea groups is 1. The zero-order valence-corrected chi connectivity index (χ0v) is 13.0. The topological polar surface area (TPSA) is 77.3 Å². The van der Waals surface area contributed by atoms with E-state index in [1.807, 2.05) is 6.92 Å². The predicted molar refractivity (Wildman–Crippen MR) is 63.3 cm³/mol. The molecule has 4 amide bonds. The van der Waals surface area contributed by atoms with Gasteiger partial charge in [-0.25, -0.2) is 0 Å². The minimum Gasteiger partial charge on any atom is -0.394 e. The van der Waals surface area contributed by atoms with E-state index in [-0.39, 0.29) is 36.0 Å². The Bertz CT molecular complexity index is 335. The molecule has 0 saturated carbocycles. The minimum absolute atomic E-state index is 0. The van der Waals surface area contributed by atoms with Crippen molar-refractivity contribution in [3.05, 3.63) is 18.0 Å². The zero-order valence-electron chi connectivity index (χ0n) is 11.0. The Balaban J connectivity index is 0.00000289. The van der Waals surface area contributed by atoms with Gasteiger partial charge in [0.15, 0.2) is 17.8 Å². The van der Waals surface area contributed by atoms with Gasteiger partial charge in [0.2, 0.25) is 0 Å². The van der Waals surface area contributed by atoms with E-state index in [0.717, 1.165) is 19.3 Å². The summed E-state index contributed by atoms with van der Waals surface area (Å²) in [4.78, 5) is 34.6. The van der Waals surface area contributed by atoms with Crippen LogP contribution in [0.3, 0.4) is 0 Å². The van der Waals surface area contributed by atoms with Crippen molar-refractivity contribution in [1.29, 1.82) is 0 Å². The van der Waals surface area contributed by atoms with Gasteiger partial charge < -0.3 is 10.6 Å². The molecule has 0 aromatic carbocycles. The van der Waals surface area contributed by atoms with Crippen LogP contribution < -0.4 is 34.9 Å². The van der Waals surface area contributed by atoms with E-state index >= 15 is 0 Å². The van der Waals surface area contributed by atoms with Crippen molar-refractivity contribution < 1.29 is 43.9 Å². The number of nitrogens with zero attached hydrogens (tertiary/aromatic N) is 1. The first-order valence-electron chi connectivity index (χ1n) is 5.79. The molecule has 1 atom stereocenters. The van der Waals surface area contributed by atoms with Gasteiger partial charge in [0.25, 0.3) is 0 Å². The molecule has 1 unspecified atom stereocenters. The van der Waals surface area contributed by atoms with E-state index in [2.05, 4.69) is 17.2 Å². The Hall–Kier alpha value is -0.650. The summed E-state index contributed by atoms with van der Waals surface area (Å²) in [6.45, 7) is 5.60. The number of rotatable bonds is 6. The molecule has 0 spiro atoms. The van der Waals surface area contributed by atoms with Gasteiger partial charge in [-0.15, -0.1) is 6.58 Å². The van der Waals surface area contributed by atoms with Gasteiger partial charge in [-0.2, -0.15) is 0 Å². The summed E-state index contributed by atoms with van der Waals surface area (Å²) in [5.74, 6) is -1.18. The summed E-state index contributed by atoms with van der Waals surface area (Å²) in [6, 6.07) is -0.866. The number of hydrogen-bond acceptors (Lipinski definition) is 3. The molecular weight excluding hydrogens is 243 g/mol. The van der Waals surface area contributed by atoms with Crippen LogP contribution in [0, 0.1) is 5.41 Å². The Morgan fingerprint density at radius 2 is 2.00 bits per heavy atom. The Morgan fingerprint density at radius 3 is 2.50 bits per heavy atom. The molecule has 1 fully saturated rings. The van der Waals surface area contributed by atoms with Gasteiger partial charge in [-0.3, -0.25) is 14.4 Å². The van der Waals surface area contributed by atoms with E-state index in [4.69, 9.17) is 0 Å². The maximum absolute atomic E-state index is 11.9. The molecule has 0 aliphatic carbocycles. The summed E-state index contributed by atoms with van der Waals surface area (Å²) in [7, 11) is 0. The minimum atomic E-state index is -1.22. The molecule has 0 aromatic heterocycles. The number of imide groups is 2. The maximum Gasteiger partial charge on any atom is 1.00 e. The molecule has 5 nitrogen and oxygen atoms in total. The van der Waals surface area contributed by atoms with Gasteiger partial charge in [0.1, 0.15) is 0 Å². The van der Waals surface area contributed by atoms with Crippen LogP contribution in [-0.4, -0.2) is 17.8 Å². The third-order valence-electron chi connectivity index (χ3n) is 2.97. The van der Waals surface area contributed by atoms with Crippen molar-refractivity contribution in [1.82, 2.24) is 5.32 Å². The van der Waals surface area contributed by atoms with Crippen molar-refractivity contribution in [3.63, 3.8) is 0 Å². The van der Waals surface area contributed by atoms with E-state index in [1.165, 1.54) is 6.08 Å². The molecule has 1 heterocycles. The molecular formula is C12H17N2NaO3. The van der Waals surface area contributed by atoms with Crippen LogP contribution in [0.15, 0.2) is 12.7 Å². The van der Waals surface area contributed by atoms with Crippen LogP contribution in [0.2, 0.25) is 0 Å². The Labute approximate surface area is 129 Å². The average Bonchev–Trinajstić information content (AvgIpc) is 2.25. The normalized spacial score (nSPS) is 22.8. The van der Waals surface area contributed by atoms with Crippen LogP contribution in [0.5, 0.6) is 0 Å². The number of amides is 4. The van der Waals surface area contributed by atoms with Gasteiger partial charge in [0.05, 0.1) is 5.41 Å². The van der Waals surface area contributed by atoms with Crippen molar-refractivity contribution in [2.45, 2.75) is 39.0 Å². The van der Waals surface area contributed by atoms with Crippen LogP contribution in [-0.2, 0) is 9.59 Å². The van der Waals surface area contributed by atoms with Crippen molar-refractivity contribution in [2.24, 2.45) is 5.41 Å². The predicted octanol–water partition coefficient (Wildman–Crippen LogP) is -0.717. The Morgan fingerprint density at radius 1 is 1.33 bits per heavy atom. The number of carbonyl (C=O) groups is 3. The smallest absolute Gasteiger partial charge is 0.394 e. The molecule has 1 rings (SSSR count). The molecule has 1 aliphatic heterocycles. The van der Waals surface area contributed by atoms with Crippen LogP contribution >= 0.6 is 0 Å². The number of nitrogens with one attached hydrogen (secondary N) is 1. The summed E-state index contributed by atoms with van der Waals surface area (Å²) in [5, 5.41) is 5.43. The molecule has 1 aliphatic rings.